The molecule has 0 fully saturated rings. The molecule has 1 N–H and O–H groups in total. The van der Waals surface area contributed by atoms with Gasteiger partial charge in [-0.2, -0.15) is 11.8 Å². The lowest BCUT2D eigenvalue weighted by Gasteiger charge is -2.00. The number of hydrogen-bond acceptors (Lipinski definition) is 2. The molecule has 3 heteroatoms. The Hall–Kier alpha value is -1.18. The zero-order valence-electron chi connectivity index (χ0n) is 14.0. The molecule has 0 heterocycles. The fraction of sp³-hybridized carbons (Fsp3) is 0.579. The Labute approximate surface area is 140 Å². The third-order valence-corrected chi connectivity index (χ3v) is 3.98. The number of carbonyl (C=O) groups is 1. The van der Waals surface area contributed by atoms with Gasteiger partial charge in [-0.25, -0.2) is 0 Å². The quantitative estimate of drug-likeness (QED) is 0.271. The van der Waals surface area contributed by atoms with Gasteiger partial charge in [0.25, 0.3) is 0 Å². The Morgan fingerprint density at radius 1 is 1.14 bits per heavy atom. The van der Waals surface area contributed by atoms with Crippen molar-refractivity contribution in [2.24, 2.45) is 5.92 Å². The van der Waals surface area contributed by atoms with E-state index in [1.54, 1.807) is 6.92 Å². The van der Waals surface area contributed by atoms with E-state index in [9.17, 15) is 4.79 Å². The summed E-state index contributed by atoms with van der Waals surface area (Å²) in [6.07, 6.45) is 19.1. The molecule has 1 unspecified atom stereocenters. The summed E-state index contributed by atoms with van der Waals surface area (Å²) in [5.74, 6) is 0.979. The Morgan fingerprint density at radius 2 is 1.91 bits per heavy atom. The number of allylic oxidation sites excluding steroid dienone is 3. The molecular weight excluding hydrogens is 292 g/mol. The van der Waals surface area contributed by atoms with Gasteiger partial charge in [0.05, 0.1) is 5.92 Å². The first-order chi connectivity index (χ1) is 10.7. The predicted molar refractivity (Wildman–Crippen MR) is 98.4 cm³/mol. The molecule has 0 aliphatic heterocycles. The van der Waals surface area contributed by atoms with Crippen molar-refractivity contribution in [3.05, 3.63) is 42.2 Å². The number of rotatable bonds is 13. The molecule has 0 aromatic carbocycles. The maximum absolute atomic E-state index is 10.6. The average Bonchev–Trinajstić information content (AvgIpc) is 2.50. The van der Waals surface area contributed by atoms with E-state index in [0.717, 1.165) is 24.3 Å². The maximum Gasteiger partial charge on any atom is 0.306 e. The van der Waals surface area contributed by atoms with Crippen molar-refractivity contribution in [3.8, 4) is 0 Å². The van der Waals surface area contributed by atoms with Crippen LogP contribution >= 0.6 is 11.8 Å². The third kappa shape index (κ3) is 15.2. The van der Waals surface area contributed by atoms with Gasteiger partial charge in [0.15, 0.2) is 0 Å². The van der Waals surface area contributed by atoms with Gasteiger partial charge in [0, 0.05) is 11.5 Å². The third-order valence-electron chi connectivity index (χ3n) is 3.15. The molecule has 0 aliphatic rings. The van der Waals surface area contributed by atoms with Gasteiger partial charge in [0.2, 0.25) is 0 Å². The first-order valence-electron chi connectivity index (χ1n) is 8.18. The van der Waals surface area contributed by atoms with Gasteiger partial charge in [-0.15, -0.1) is 5.73 Å². The summed E-state index contributed by atoms with van der Waals surface area (Å²) in [7, 11) is 0. The first-order valence-corrected chi connectivity index (χ1v) is 9.33. The monoisotopic (exact) mass is 322 g/mol. The van der Waals surface area contributed by atoms with Crippen molar-refractivity contribution in [2.75, 3.05) is 11.5 Å². The van der Waals surface area contributed by atoms with Crippen LogP contribution < -0.4 is 0 Å². The predicted octanol–water partition coefficient (Wildman–Crippen LogP) is 5.62. The van der Waals surface area contributed by atoms with E-state index in [2.05, 4.69) is 37.0 Å². The van der Waals surface area contributed by atoms with E-state index >= 15 is 0 Å². The van der Waals surface area contributed by atoms with Crippen LogP contribution in [0.2, 0.25) is 0 Å². The second-order valence-electron chi connectivity index (χ2n) is 5.25. The highest BCUT2D eigenvalue weighted by Gasteiger charge is 2.08. The highest BCUT2D eigenvalue weighted by molar-refractivity contribution is 7.99. The van der Waals surface area contributed by atoms with Crippen LogP contribution in [0.5, 0.6) is 0 Å². The van der Waals surface area contributed by atoms with Crippen LogP contribution in [0.25, 0.3) is 0 Å². The Balaban J connectivity index is 3.50. The lowest BCUT2D eigenvalue weighted by atomic mass is 10.1. The molecule has 0 bridgehead atoms. The van der Waals surface area contributed by atoms with Crippen LogP contribution in [0.3, 0.4) is 0 Å². The molecule has 0 saturated heterocycles. The van der Waals surface area contributed by atoms with Crippen molar-refractivity contribution in [1.29, 1.82) is 0 Å². The first kappa shape index (κ1) is 20.8. The lowest BCUT2D eigenvalue weighted by Crippen LogP contribution is -2.08. The molecular formula is C19H30O2S. The summed E-state index contributed by atoms with van der Waals surface area (Å²) in [5.41, 5.74) is 3.11. The molecule has 0 saturated carbocycles. The van der Waals surface area contributed by atoms with Gasteiger partial charge in [-0.1, -0.05) is 51.0 Å². The molecule has 0 spiro atoms. The van der Waals surface area contributed by atoms with E-state index in [1.807, 2.05) is 23.9 Å². The van der Waals surface area contributed by atoms with Gasteiger partial charge in [-0.05, 0) is 37.8 Å². The minimum atomic E-state index is -0.722. The summed E-state index contributed by atoms with van der Waals surface area (Å²) < 4.78 is 0. The Kier molecular flexibility index (Phi) is 15.3. The number of carboxylic acids is 1. The molecule has 0 aliphatic carbocycles. The largest absolute Gasteiger partial charge is 0.481 e. The lowest BCUT2D eigenvalue weighted by molar-refractivity contribution is -0.141. The fourth-order valence-corrected chi connectivity index (χ4v) is 2.27. The maximum atomic E-state index is 10.6. The number of thioether (sulfide) groups is 1. The van der Waals surface area contributed by atoms with E-state index in [0.29, 0.717) is 6.42 Å². The van der Waals surface area contributed by atoms with Crippen LogP contribution in [-0.2, 0) is 4.79 Å². The molecule has 0 rings (SSSR count). The second-order valence-corrected chi connectivity index (χ2v) is 6.32. The van der Waals surface area contributed by atoms with Crippen molar-refractivity contribution >= 4 is 17.7 Å². The van der Waals surface area contributed by atoms with Crippen LogP contribution in [0.15, 0.2) is 42.2 Å². The van der Waals surface area contributed by atoms with Crippen molar-refractivity contribution in [2.45, 2.75) is 52.4 Å². The van der Waals surface area contributed by atoms with Gasteiger partial charge in [-0.3, -0.25) is 4.79 Å². The molecule has 0 aromatic rings. The van der Waals surface area contributed by atoms with Crippen LogP contribution in [0, 0.1) is 5.92 Å². The Morgan fingerprint density at radius 3 is 2.64 bits per heavy atom. The molecule has 2 nitrogen and oxygen atoms in total. The summed E-state index contributed by atoms with van der Waals surface area (Å²) >= 11 is 1.85. The highest BCUT2D eigenvalue weighted by Crippen LogP contribution is 2.06. The SMILES string of the molecule is CCCC/C=C\C/C=C\CSCC=C=CCCC(C)C(=O)O. The van der Waals surface area contributed by atoms with Crippen molar-refractivity contribution in [3.63, 3.8) is 0 Å². The number of aliphatic carboxylic acids is 1. The summed E-state index contributed by atoms with van der Waals surface area (Å²) in [5, 5.41) is 8.74. The van der Waals surface area contributed by atoms with E-state index in [-0.39, 0.29) is 5.92 Å². The zero-order valence-corrected chi connectivity index (χ0v) is 14.8. The highest BCUT2D eigenvalue weighted by atomic mass is 32.2. The topological polar surface area (TPSA) is 37.3 Å². The van der Waals surface area contributed by atoms with Crippen LogP contribution in [0.4, 0.5) is 0 Å². The van der Waals surface area contributed by atoms with E-state index in [4.69, 9.17) is 5.11 Å². The van der Waals surface area contributed by atoms with Gasteiger partial charge in [0.1, 0.15) is 0 Å². The zero-order chi connectivity index (χ0) is 16.5. The minimum Gasteiger partial charge on any atom is -0.481 e. The molecule has 124 valence electrons. The van der Waals surface area contributed by atoms with E-state index in [1.165, 1.54) is 19.3 Å². The van der Waals surface area contributed by atoms with E-state index < -0.39 is 5.97 Å². The molecule has 1 atom stereocenters. The number of carboxylic acid groups (broad SMARTS) is 1. The van der Waals surface area contributed by atoms with Gasteiger partial charge >= 0.3 is 5.97 Å². The van der Waals surface area contributed by atoms with Crippen LogP contribution in [0.1, 0.15) is 52.4 Å². The normalized spacial score (nSPS) is 12.5. The number of unbranched alkanes of at least 4 members (excludes halogenated alkanes) is 2. The van der Waals surface area contributed by atoms with Gasteiger partial charge < -0.3 is 5.11 Å². The smallest absolute Gasteiger partial charge is 0.306 e. The molecule has 0 amide bonds. The standard InChI is InChI=1S/C19H30O2S/c1-3-4-5-6-7-8-10-13-16-22-17-14-11-9-12-15-18(2)19(20)21/h6-7,9-10,13-14,18H,3-5,8,12,15-17H2,1-2H3,(H,20,21)/b7-6-,13-10-. The summed E-state index contributed by atoms with van der Waals surface area (Å²) in [6, 6.07) is 0. The number of hydrogen-bond donors (Lipinski definition) is 1. The summed E-state index contributed by atoms with van der Waals surface area (Å²) in [4.78, 5) is 10.6. The molecule has 22 heavy (non-hydrogen) atoms. The van der Waals surface area contributed by atoms with Crippen molar-refractivity contribution in [1.82, 2.24) is 0 Å². The van der Waals surface area contributed by atoms with Crippen LogP contribution in [-0.4, -0.2) is 22.6 Å². The molecule has 0 aromatic heterocycles. The Bertz CT molecular complexity index is 390. The van der Waals surface area contributed by atoms with Crippen molar-refractivity contribution < 1.29 is 9.90 Å². The minimum absolute atomic E-state index is 0.270. The fourth-order valence-electron chi connectivity index (χ4n) is 1.65. The second kappa shape index (κ2) is 16.2. The summed E-state index contributed by atoms with van der Waals surface area (Å²) in [6.45, 7) is 3.95. The average molecular weight is 323 g/mol. The molecule has 0 radical (unpaired) electrons.